The molecule has 3 rings (SSSR count). The van der Waals surface area contributed by atoms with Gasteiger partial charge in [0.05, 0.1) is 12.1 Å². The van der Waals surface area contributed by atoms with E-state index < -0.39 is 11.8 Å². The van der Waals surface area contributed by atoms with E-state index in [9.17, 15) is 14.7 Å². The maximum Gasteiger partial charge on any atom is 0.306 e. The predicted molar refractivity (Wildman–Crippen MR) is 95.2 cm³/mol. The molecule has 2 N–H and O–H groups in total. The number of carbonyl (C=O) groups excluding carboxylic acids is 2. The summed E-state index contributed by atoms with van der Waals surface area (Å²) in [4.78, 5) is 23.6. The maximum absolute atomic E-state index is 12.1. The Morgan fingerprint density at radius 2 is 1.96 bits per heavy atom. The summed E-state index contributed by atoms with van der Waals surface area (Å²) < 4.78 is 11.6. The van der Waals surface area contributed by atoms with Crippen molar-refractivity contribution in [2.75, 3.05) is 5.75 Å². The van der Waals surface area contributed by atoms with Gasteiger partial charge < -0.3 is 19.9 Å². The first-order chi connectivity index (χ1) is 12.0. The lowest BCUT2D eigenvalue weighted by Crippen LogP contribution is -2.58. The van der Waals surface area contributed by atoms with Crippen LogP contribution in [0.25, 0.3) is 0 Å². The van der Waals surface area contributed by atoms with Crippen LogP contribution in [0, 0.1) is 0 Å². The number of esters is 1. The van der Waals surface area contributed by atoms with Crippen LogP contribution in [-0.4, -0.2) is 46.1 Å². The Labute approximate surface area is 152 Å². The number of aliphatic hydroxyl groups is 1. The van der Waals surface area contributed by atoms with Gasteiger partial charge in [-0.25, -0.2) is 0 Å². The zero-order valence-corrected chi connectivity index (χ0v) is 15.3. The Hall–Kier alpha value is -1.05. The van der Waals surface area contributed by atoms with Gasteiger partial charge in [0.25, 0.3) is 5.24 Å². The third-order valence-electron chi connectivity index (χ3n) is 5.00. The van der Waals surface area contributed by atoms with Crippen LogP contribution in [0.4, 0.5) is 4.79 Å². The largest absolute Gasteiger partial charge is 0.462 e. The molecule has 3 heterocycles. The minimum absolute atomic E-state index is 0.148. The number of ether oxygens (including phenoxy) is 2. The summed E-state index contributed by atoms with van der Waals surface area (Å²) in [5.41, 5.74) is 0. The van der Waals surface area contributed by atoms with Crippen LogP contribution in [0.3, 0.4) is 0 Å². The Kier molecular flexibility index (Phi) is 6.41. The van der Waals surface area contributed by atoms with E-state index in [1.54, 1.807) is 0 Å². The molecule has 0 saturated carbocycles. The predicted octanol–water partition coefficient (Wildman–Crippen LogP) is 2.89. The van der Waals surface area contributed by atoms with Crippen LogP contribution >= 0.6 is 11.8 Å². The number of nitrogens with one attached hydrogen (secondary N) is 1. The van der Waals surface area contributed by atoms with Gasteiger partial charge in [0.1, 0.15) is 6.10 Å². The molecule has 1 unspecified atom stereocenters. The van der Waals surface area contributed by atoms with Crippen molar-refractivity contribution in [3.8, 4) is 0 Å². The van der Waals surface area contributed by atoms with Gasteiger partial charge >= 0.3 is 5.97 Å². The van der Waals surface area contributed by atoms with Crippen molar-refractivity contribution < 1.29 is 24.2 Å². The van der Waals surface area contributed by atoms with Crippen LogP contribution in [0.5, 0.6) is 0 Å². The second-order valence-corrected chi connectivity index (χ2v) is 8.07. The van der Waals surface area contributed by atoms with E-state index in [1.165, 1.54) is 0 Å². The van der Waals surface area contributed by atoms with Gasteiger partial charge in [-0.05, 0) is 38.5 Å². The van der Waals surface area contributed by atoms with E-state index in [0.717, 1.165) is 50.3 Å². The van der Waals surface area contributed by atoms with E-state index in [2.05, 4.69) is 17.5 Å². The summed E-state index contributed by atoms with van der Waals surface area (Å²) in [6, 6.07) is -0.465. The highest BCUT2D eigenvalue weighted by atomic mass is 32.2. The summed E-state index contributed by atoms with van der Waals surface area (Å²) in [7, 11) is 0. The van der Waals surface area contributed by atoms with Crippen LogP contribution < -0.4 is 5.32 Å². The smallest absolute Gasteiger partial charge is 0.306 e. The molecule has 25 heavy (non-hydrogen) atoms. The van der Waals surface area contributed by atoms with Gasteiger partial charge in [-0.3, -0.25) is 9.59 Å². The third kappa shape index (κ3) is 5.21. The fourth-order valence-corrected chi connectivity index (χ4v) is 4.57. The van der Waals surface area contributed by atoms with E-state index in [1.807, 2.05) is 0 Å². The van der Waals surface area contributed by atoms with Crippen molar-refractivity contribution in [2.24, 2.45) is 0 Å². The quantitative estimate of drug-likeness (QED) is 0.546. The Balaban J connectivity index is 1.70. The van der Waals surface area contributed by atoms with Crippen LogP contribution in [0.1, 0.15) is 57.8 Å². The van der Waals surface area contributed by atoms with E-state index >= 15 is 0 Å². The van der Waals surface area contributed by atoms with Gasteiger partial charge in [-0.2, -0.15) is 0 Å². The highest BCUT2D eigenvalue weighted by Gasteiger charge is 2.49. The molecule has 3 aliphatic rings. The summed E-state index contributed by atoms with van der Waals surface area (Å²) in [5.74, 6) is -1.22. The van der Waals surface area contributed by atoms with Crippen molar-refractivity contribution >= 4 is 23.0 Å². The molecule has 2 fully saturated rings. The number of rotatable bonds is 1. The van der Waals surface area contributed by atoms with Crippen molar-refractivity contribution in [3.63, 3.8) is 0 Å². The zero-order valence-electron chi connectivity index (χ0n) is 14.4. The molecule has 1 amide bonds. The molecular formula is C18H27NO5S. The monoisotopic (exact) mass is 369 g/mol. The minimum Gasteiger partial charge on any atom is -0.462 e. The second-order valence-electron chi connectivity index (χ2n) is 7.08. The molecule has 3 aliphatic heterocycles. The Bertz CT molecular complexity index is 526. The topological polar surface area (TPSA) is 84.9 Å². The van der Waals surface area contributed by atoms with E-state index in [4.69, 9.17) is 9.47 Å². The van der Waals surface area contributed by atoms with Gasteiger partial charge in [0.2, 0.25) is 0 Å². The highest BCUT2D eigenvalue weighted by Crippen LogP contribution is 2.36. The molecule has 0 radical (unpaired) electrons. The van der Waals surface area contributed by atoms with Gasteiger partial charge in [0.15, 0.2) is 5.79 Å². The number of hydrogen-bond acceptors (Lipinski definition) is 6. The molecule has 2 saturated heterocycles. The summed E-state index contributed by atoms with van der Waals surface area (Å²) in [6.45, 7) is 0. The maximum atomic E-state index is 12.1. The van der Waals surface area contributed by atoms with Crippen molar-refractivity contribution in [3.05, 3.63) is 12.2 Å². The molecule has 4 atom stereocenters. The van der Waals surface area contributed by atoms with Gasteiger partial charge in [0, 0.05) is 25.0 Å². The van der Waals surface area contributed by atoms with Crippen LogP contribution in [0.2, 0.25) is 0 Å². The Morgan fingerprint density at radius 1 is 1.16 bits per heavy atom. The first-order valence-electron chi connectivity index (χ1n) is 9.23. The average Bonchev–Trinajstić information content (AvgIpc) is 2.99. The van der Waals surface area contributed by atoms with Crippen LogP contribution in [0.15, 0.2) is 12.2 Å². The third-order valence-corrected chi connectivity index (χ3v) is 5.88. The van der Waals surface area contributed by atoms with Crippen LogP contribution in [-0.2, 0) is 14.3 Å². The number of thioether (sulfide) groups is 1. The van der Waals surface area contributed by atoms with Gasteiger partial charge in [-0.1, -0.05) is 23.9 Å². The minimum atomic E-state index is -1.47. The van der Waals surface area contributed by atoms with E-state index in [-0.39, 0.29) is 29.8 Å². The number of fused-ring (bicyclic) bond motifs is 2. The number of hydrogen-bond donors (Lipinski definition) is 2. The molecule has 6 nitrogen and oxygen atoms in total. The fraction of sp³-hybridized carbons (Fsp3) is 0.778. The van der Waals surface area contributed by atoms with Crippen molar-refractivity contribution in [1.82, 2.24) is 5.32 Å². The van der Waals surface area contributed by atoms with Gasteiger partial charge in [-0.15, -0.1) is 0 Å². The summed E-state index contributed by atoms with van der Waals surface area (Å²) in [6.07, 6.45) is 10.6. The standard InChI is InChI=1S/C18H27NO5S/c20-16-9-7-5-3-1-2-4-6-8-13-10-14(23-16)11-18(22,24-13)15-12-25-17(21)19-15/h1-2,13-15,22H,3-12H2,(H,19,21)/b2-1-/t13?,14-,15+,18-/m1/s1. The molecular weight excluding hydrogens is 342 g/mol. The number of amides is 1. The lowest BCUT2D eigenvalue weighted by atomic mass is 9.91. The molecule has 0 aromatic heterocycles. The SMILES string of the molecule is O=C1CCCC/C=C\CCCC2C[C@H](C[C@](O)([C@@H]3CSC(=O)N3)O2)O1. The van der Waals surface area contributed by atoms with E-state index in [0.29, 0.717) is 18.6 Å². The molecule has 140 valence electrons. The molecule has 2 bridgehead atoms. The highest BCUT2D eigenvalue weighted by molar-refractivity contribution is 8.14. The lowest BCUT2D eigenvalue weighted by molar-refractivity contribution is -0.284. The molecule has 0 aromatic rings. The average molecular weight is 369 g/mol. The summed E-state index contributed by atoms with van der Waals surface area (Å²) >= 11 is 1.15. The molecule has 0 aromatic carbocycles. The lowest BCUT2D eigenvalue weighted by Gasteiger charge is -2.43. The number of allylic oxidation sites excluding steroid dienone is 2. The van der Waals surface area contributed by atoms with Crippen molar-refractivity contribution in [1.29, 1.82) is 0 Å². The molecule has 7 heteroatoms. The molecule has 0 aliphatic carbocycles. The fourth-order valence-electron chi connectivity index (χ4n) is 3.68. The number of carbonyl (C=O) groups is 2. The zero-order chi connectivity index (χ0) is 17.7. The summed E-state index contributed by atoms with van der Waals surface area (Å²) in [5, 5.41) is 13.6. The normalized spacial score (nSPS) is 39.2. The first kappa shape index (κ1) is 18.7. The molecule has 0 spiro atoms. The van der Waals surface area contributed by atoms with Crippen molar-refractivity contribution in [2.45, 2.75) is 81.8 Å². The second kappa shape index (κ2) is 8.56. The Morgan fingerprint density at radius 3 is 2.72 bits per heavy atom. The first-order valence-corrected chi connectivity index (χ1v) is 10.2.